The smallest absolute Gasteiger partial charge is 0.322 e. The summed E-state index contributed by atoms with van der Waals surface area (Å²) < 4.78 is 29.6. The second-order valence-corrected chi connectivity index (χ2v) is 10.6. The fourth-order valence-electron chi connectivity index (χ4n) is 4.15. The predicted octanol–water partition coefficient (Wildman–Crippen LogP) is 2.47. The van der Waals surface area contributed by atoms with Gasteiger partial charge in [0.2, 0.25) is 15.9 Å². The molecule has 35 heavy (non-hydrogen) atoms. The van der Waals surface area contributed by atoms with Gasteiger partial charge in [-0.1, -0.05) is 48.0 Å². The standard InChI is InChI=1S/C25H28N4O5S/c1-18-9-11-21(12-10-18)35(33,34)29(15-19-6-3-2-4-7-19)23(25(31)32)14-20-16-28(17-27-20)24(30)22-8-5-13-26-22/h2-4,6-7,9-12,16-17,22-23,26H,5,8,13-15H2,1H3,(H,31,32)/t22-,23+/m1/s1. The van der Waals surface area contributed by atoms with E-state index in [1.54, 1.807) is 42.5 Å². The van der Waals surface area contributed by atoms with Gasteiger partial charge in [0.25, 0.3) is 0 Å². The zero-order chi connectivity index (χ0) is 25.0. The molecule has 2 aromatic carbocycles. The second-order valence-electron chi connectivity index (χ2n) is 8.67. The van der Waals surface area contributed by atoms with E-state index in [1.807, 2.05) is 6.92 Å². The highest BCUT2D eigenvalue weighted by atomic mass is 32.2. The second kappa shape index (κ2) is 10.5. The number of aliphatic carboxylic acids is 1. The Labute approximate surface area is 204 Å². The summed E-state index contributed by atoms with van der Waals surface area (Å²) >= 11 is 0. The molecule has 1 saturated heterocycles. The molecule has 0 bridgehead atoms. The summed E-state index contributed by atoms with van der Waals surface area (Å²) in [6, 6.07) is 13.4. The van der Waals surface area contributed by atoms with Crippen LogP contribution in [-0.4, -0.2) is 57.9 Å². The number of carbonyl (C=O) groups excluding carboxylic acids is 1. The molecular weight excluding hydrogens is 468 g/mol. The molecule has 4 rings (SSSR count). The fraction of sp³-hybridized carbons (Fsp3) is 0.320. The average molecular weight is 497 g/mol. The van der Waals surface area contributed by atoms with Crippen molar-refractivity contribution in [2.24, 2.45) is 0 Å². The van der Waals surface area contributed by atoms with Crippen LogP contribution in [-0.2, 0) is 27.8 Å². The first kappa shape index (κ1) is 24.8. The number of imidazole rings is 1. The Morgan fingerprint density at radius 2 is 1.89 bits per heavy atom. The Hall–Kier alpha value is -3.34. The van der Waals surface area contributed by atoms with Gasteiger partial charge >= 0.3 is 5.97 Å². The summed E-state index contributed by atoms with van der Waals surface area (Å²) in [5, 5.41) is 13.2. The average Bonchev–Trinajstić information content (AvgIpc) is 3.54. The predicted molar refractivity (Wildman–Crippen MR) is 129 cm³/mol. The minimum Gasteiger partial charge on any atom is -0.480 e. The van der Waals surface area contributed by atoms with Crippen LogP contribution in [0.15, 0.2) is 72.0 Å². The van der Waals surface area contributed by atoms with E-state index in [-0.39, 0.29) is 29.8 Å². The van der Waals surface area contributed by atoms with Crippen LogP contribution in [0.1, 0.15) is 34.5 Å². The molecule has 1 aliphatic rings. The zero-order valence-corrected chi connectivity index (χ0v) is 20.2. The van der Waals surface area contributed by atoms with E-state index >= 15 is 0 Å². The van der Waals surface area contributed by atoms with E-state index in [0.717, 1.165) is 29.3 Å². The number of aromatic nitrogens is 2. The summed E-state index contributed by atoms with van der Waals surface area (Å²) in [6.45, 7) is 2.49. The van der Waals surface area contributed by atoms with Crippen LogP contribution in [0.4, 0.5) is 0 Å². The topological polar surface area (TPSA) is 122 Å². The van der Waals surface area contributed by atoms with Crippen molar-refractivity contribution in [3.05, 3.63) is 83.9 Å². The van der Waals surface area contributed by atoms with Crippen molar-refractivity contribution >= 4 is 21.9 Å². The third-order valence-corrected chi connectivity index (χ3v) is 7.96. The number of benzene rings is 2. The van der Waals surface area contributed by atoms with Crippen LogP contribution in [0.2, 0.25) is 0 Å². The molecule has 1 aliphatic heterocycles. The first-order valence-electron chi connectivity index (χ1n) is 11.4. The molecule has 184 valence electrons. The molecule has 10 heteroatoms. The quantitative estimate of drug-likeness (QED) is 0.467. The van der Waals surface area contributed by atoms with Crippen LogP contribution in [0.3, 0.4) is 0 Å². The highest BCUT2D eigenvalue weighted by Gasteiger charge is 2.37. The first-order chi connectivity index (χ1) is 16.8. The van der Waals surface area contributed by atoms with Crippen LogP contribution >= 0.6 is 0 Å². The van der Waals surface area contributed by atoms with Crippen molar-refractivity contribution in [3.63, 3.8) is 0 Å². The van der Waals surface area contributed by atoms with Crippen LogP contribution in [0.5, 0.6) is 0 Å². The Morgan fingerprint density at radius 1 is 1.17 bits per heavy atom. The molecule has 2 N–H and O–H groups in total. The van der Waals surface area contributed by atoms with Gasteiger partial charge in [0.1, 0.15) is 12.4 Å². The van der Waals surface area contributed by atoms with Crippen molar-refractivity contribution < 1.29 is 23.1 Å². The Balaban J connectivity index is 1.66. The summed E-state index contributed by atoms with van der Waals surface area (Å²) in [6.07, 6.45) is 4.28. The lowest BCUT2D eigenvalue weighted by atomic mass is 10.1. The number of hydrogen-bond donors (Lipinski definition) is 2. The van der Waals surface area contributed by atoms with E-state index < -0.39 is 22.0 Å². The van der Waals surface area contributed by atoms with Crippen LogP contribution < -0.4 is 5.32 Å². The molecule has 2 heterocycles. The molecule has 0 radical (unpaired) electrons. The van der Waals surface area contributed by atoms with E-state index in [9.17, 15) is 23.1 Å². The summed E-state index contributed by atoms with van der Waals surface area (Å²) in [5.74, 6) is -1.46. The van der Waals surface area contributed by atoms with Crippen molar-refractivity contribution in [1.29, 1.82) is 0 Å². The minimum absolute atomic E-state index is 0.0123. The molecule has 1 aromatic heterocycles. The number of sulfonamides is 1. The molecular formula is C25H28N4O5S. The van der Waals surface area contributed by atoms with E-state index in [2.05, 4.69) is 10.3 Å². The van der Waals surface area contributed by atoms with Gasteiger partial charge in [-0.15, -0.1) is 0 Å². The SMILES string of the molecule is Cc1ccc(S(=O)(=O)N(Cc2ccccc2)[C@@H](Cc2cn(C(=O)[C@H]3CCCN3)cn2)C(=O)O)cc1. The zero-order valence-electron chi connectivity index (χ0n) is 19.4. The number of carbonyl (C=O) groups is 2. The van der Waals surface area contributed by atoms with E-state index in [4.69, 9.17) is 0 Å². The molecule has 0 unspecified atom stereocenters. The van der Waals surface area contributed by atoms with Gasteiger partial charge in [-0.05, 0) is 44.0 Å². The van der Waals surface area contributed by atoms with Crippen LogP contribution in [0.25, 0.3) is 0 Å². The number of hydrogen-bond acceptors (Lipinski definition) is 6. The van der Waals surface area contributed by atoms with Crippen molar-refractivity contribution in [2.75, 3.05) is 6.54 Å². The Bertz CT molecular complexity index is 1280. The highest BCUT2D eigenvalue weighted by Crippen LogP contribution is 2.24. The molecule has 0 saturated carbocycles. The molecule has 2 atom stereocenters. The number of rotatable bonds is 9. The maximum absolute atomic E-state index is 13.6. The monoisotopic (exact) mass is 496 g/mol. The van der Waals surface area contributed by atoms with E-state index in [0.29, 0.717) is 11.3 Å². The van der Waals surface area contributed by atoms with Crippen molar-refractivity contribution in [2.45, 2.75) is 49.7 Å². The molecule has 3 aromatic rings. The molecule has 0 spiro atoms. The number of nitrogens with zero attached hydrogens (tertiary/aromatic N) is 3. The fourth-order valence-corrected chi connectivity index (χ4v) is 5.72. The Kier molecular flexibility index (Phi) is 7.44. The van der Waals surface area contributed by atoms with Crippen LogP contribution in [0, 0.1) is 6.92 Å². The summed E-state index contributed by atoms with van der Waals surface area (Å²) in [7, 11) is -4.16. The van der Waals surface area contributed by atoms with Crippen molar-refractivity contribution in [3.8, 4) is 0 Å². The third kappa shape index (κ3) is 5.67. The van der Waals surface area contributed by atoms with Gasteiger partial charge in [0.15, 0.2) is 0 Å². The number of carboxylic acids is 1. The van der Waals surface area contributed by atoms with Gasteiger partial charge in [-0.3, -0.25) is 14.2 Å². The summed E-state index contributed by atoms with van der Waals surface area (Å²) in [4.78, 5) is 29.3. The van der Waals surface area contributed by atoms with Gasteiger partial charge in [0, 0.05) is 19.2 Å². The lowest BCUT2D eigenvalue weighted by Crippen LogP contribution is -2.46. The molecule has 1 fully saturated rings. The largest absolute Gasteiger partial charge is 0.480 e. The maximum Gasteiger partial charge on any atom is 0.322 e. The minimum atomic E-state index is -4.16. The molecule has 0 aliphatic carbocycles. The van der Waals surface area contributed by atoms with Gasteiger partial charge in [0.05, 0.1) is 16.6 Å². The van der Waals surface area contributed by atoms with E-state index in [1.165, 1.54) is 29.2 Å². The number of nitrogens with one attached hydrogen (secondary N) is 1. The lowest BCUT2D eigenvalue weighted by Gasteiger charge is -2.28. The van der Waals surface area contributed by atoms with Gasteiger partial charge in [-0.2, -0.15) is 4.31 Å². The highest BCUT2D eigenvalue weighted by molar-refractivity contribution is 7.89. The summed E-state index contributed by atoms with van der Waals surface area (Å²) in [5.41, 5.74) is 1.86. The molecule has 0 amide bonds. The van der Waals surface area contributed by atoms with Gasteiger partial charge < -0.3 is 10.4 Å². The van der Waals surface area contributed by atoms with Gasteiger partial charge in [-0.25, -0.2) is 13.4 Å². The number of carboxylic acid groups (broad SMARTS) is 1. The number of aryl methyl sites for hydroxylation is 1. The maximum atomic E-state index is 13.6. The third-order valence-electron chi connectivity index (χ3n) is 6.09. The first-order valence-corrected chi connectivity index (χ1v) is 12.9. The Morgan fingerprint density at radius 3 is 2.51 bits per heavy atom. The van der Waals surface area contributed by atoms with Crippen molar-refractivity contribution in [1.82, 2.24) is 19.2 Å². The lowest BCUT2D eigenvalue weighted by molar-refractivity contribution is -0.141. The molecule has 9 nitrogen and oxygen atoms in total. The normalized spacial score (nSPS) is 16.9.